The van der Waals surface area contributed by atoms with E-state index in [0.717, 1.165) is 5.57 Å². The van der Waals surface area contributed by atoms with E-state index in [1.807, 2.05) is 6.08 Å². The number of ether oxygens (including phenoxy) is 2. The normalized spacial score (nSPS) is 27.4. The molecule has 142 valence electrons. The number of carbonyl (C=O) groups is 2. The van der Waals surface area contributed by atoms with E-state index in [0.29, 0.717) is 17.6 Å². The first kappa shape index (κ1) is 19.4. The Labute approximate surface area is 166 Å². The van der Waals surface area contributed by atoms with Crippen molar-refractivity contribution in [1.29, 1.82) is 0 Å². The molecule has 3 rings (SSSR count). The lowest BCUT2D eigenvalue weighted by molar-refractivity contribution is -0.128. The first-order valence-electron chi connectivity index (χ1n) is 8.52. The van der Waals surface area contributed by atoms with Crippen molar-refractivity contribution < 1.29 is 24.2 Å². The number of rotatable bonds is 4. The van der Waals surface area contributed by atoms with Crippen LogP contribution in [0.15, 0.2) is 48.1 Å². The summed E-state index contributed by atoms with van der Waals surface area (Å²) in [7, 11) is 2.88. The van der Waals surface area contributed by atoms with Crippen LogP contribution in [0.2, 0.25) is 0 Å². The highest BCUT2D eigenvalue weighted by Crippen LogP contribution is 2.55. The van der Waals surface area contributed by atoms with Crippen LogP contribution in [0.1, 0.15) is 24.8 Å². The van der Waals surface area contributed by atoms with Crippen LogP contribution in [0.3, 0.4) is 0 Å². The second kappa shape index (κ2) is 7.00. The minimum Gasteiger partial charge on any atom is -0.502 e. The van der Waals surface area contributed by atoms with Gasteiger partial charge in [0.2, 0.25) is 5.75 Å². The minimum absolute atomic E-state index is 0.0476. The van der Waals surface area contributed by atoms with Crippen LogP contribution < -0.4 is 9.47 Å². The highest BCUT2D eigenvalue weighted by molar-refractivity contribution is 9.10. The lowest BCUT2D eigenvalue weighted by Gasteiger charge is -2.45. The fourth-order valence-corrected chi connectivity index (χ4v) is 5.01. The van der Waals surface area contributed by atoms with E-state index in [-0.39, 0.29) is 28.8 Å². The Morgan fingerprint density at radius 2 is 1.85 bits per heavy atom. The van der Waals surface area contributed by atoms with Crippen molar-refractivity contribution in [2.24, 2.45) is 5.92 Å². The summed E-state index contributed by atoms with van der Waals surface area (Å²) in [6, 6.07) is 3.32. The van der Waals surface area contributed by atoms with E-state index in [1.54, 1.807) is 25.1 Å². The van der Waals surface area contributed by atoms with Gasteiger partial charge in [0.1, 0.15) is 4.32 Å². The second-order valence-electron chi connectivity index (χ2n) is 6.73. The highest BCUT2D eigenvalue weighted by atomic mass is 79.9. The summed E-state index contributed by atoms with van der Waals surface area (Å²) in [6.07, 6.45) is 5.49. The van der Waals surface area contributed by atoms with Gasteiger partial charge in [-0.2, -0.15) is 0 Å². The van der Waals surface area contributed by atoms with Crippen molar-refractivity contribution in [3.8, 4) is 17.2 Å². The van der Waals surface area contributed by atoms with Gasteiger partial charge in [-0.25, -0.2) is 0 Å². The van der Waals surface area contributed by atoms with E-state index in [1.165, 1.54) is 20.3 Å². The Hall–Kier alpha value is -2.34. The van der Waals surface area contributed by atoms with Crippen molar-refractivity contribution in [1.82, 2.24) is 0 Å². The number of benzene rings is 1. The maximum atomic E-state index is 13.1. The summed E-state index contributed by atoms with van der Waals surface area (Å²) in [6.45, 7) is 5.55. The van der Waals surface area contributed by atoms with Gasteiger partial charge in [-0.3, -0.25) is 9.59 Å². The number of methoxy groups -OCH3 is 2. The van der Waals surface area contributed by atoms with Gasteiger partial charge in [0.25, 0.3) is 0 Å². The molecule has 3 atom stereocenters. The van der Waals surface area contributed by atoms with Crippen LogP contribution in [-0.2, 0) is 9.59 Å². The molecule has 0 bridgehead atoms. The number of phenolic OH excluding ortho intramolecular Hbond substituents is 1. The Bertz CT molecular complexity index is 873. The number of phenols is 1. The van der Waals surface area contributed by atoms with Crippen LogP contribution >= 0.6 is 15.9 Å². The molecular formula is C21H21BrO5. The number of hydrogen-bond acceptors (Lipinski definition) is 5. The zero-order valence-corrected chi connectivity index (χ0v) is 17.0. The Morgan fingerprint density at radius 3 is 2.37 bits per heavy atom. The van der Waals surface area contributed by atoms with E-state index >= 15 is 0 Å². The van der Waals surface area contributed by atoms with Gasteiger partial charge in [-0.05, 0) is 48.3 Å². The monoisotopic (exact) mass is 432 g/mol. The van der Waals surface area contributed by atoms with Gasteiger partial charge in [-0.1, -0.05) is 34.7 Å². The van der Waals surface area contributed by atoms with E-state index < -0.39 is 16.2 Å². The van der Waals surface area contributed by atoms with Crippen molar-refractivity contribution in [3.63, 3.8) is 0 Å². The molecule has 1 aromatic rings. The lowest BCUT2D eigenvalue weighted by atomic mass is 9.63. The Kier molecular flexibility index (Phi) is 5.04. The van der Waals surface area contributed by atoms with E-state index in [2.05, 4.69) is 22.5 Å². The quantitative estimate of drug-likeness (QED) is 0.731. The van der Waals surface area contributed by atoms with Crippen molar-refractivity contribution >= 4 is 27.5 Å². The molecule has 0 amide bonds. The molecule has 0 unspecified atom stereocenters. The van der Waals surface area contributed by atoms with Crippen LogP contribution in [0.5, 0.6) is 17.2 Å². The molecule has 0 aliphatic heterocycles. The molecule has 5 nitrogen and oxygen atoms in total. The van der Waals surface area contributed by atoms with Crippen molar-refractivity contribution in [2.75, 3.05) is 14.2 Å². The van der Waals surface area contributed by atoms with Gasteiger partial charge in [-0.15, -0.1) is 0 Å². The second-order valence-corrected chi connectivity index (χ2v) is 8.04. The van der Waals surface area contributed by atoms with Crippen LogP contribution in [0, 0.1) is 5.92 Å². The van der Waals surface area contributed by atoms with Gasteiger partial charge in [0.15, 0.2) is 23.1 Å². The molecule has 1 aromatic carbocycles. The van der Waals surface area contributed by atoms with Crippen molar-refractivity contribution in [2.45, 2.75) is 23.6 Å². The Balaban J connectivity index is 2.27. The molecule has 0 heterocycles. The number of aromatic hydroxyl groups is 1. The fourth-order valence-electron chi connectivity index (χ4n) is 3.97. The molecule has 27 heavy (non-hydrogen) atoms. The van der Waals surface area contributed by atoms with Gasteiger partial charge >= 0.3 is 0 Å². The van der Waals surface area contributed by atoms with Gasteiger partial charge in [0, 0.05) is 11.8 Å². The molecule has 0 fully saturated rings. The molecule has 0 saturated heterocycles. The Morgan fingerprint density at radius 1 is 1.26 bits per heavy atom. The summed E-state index contributed by atoms with van der Waals surface area (Å²) in [5.74, 6) is -0.876. The summed E-state index contributed by atoms with van der Waals surface area (Å²) < 4.78 is 9.40. The zero-order chi connectivity index (χ0) is 19.9. The molecule has 0 radical (unpaired) electrons. The van der Waals surface area contributed by atoms with Crippen LogP contribution in [0.25, 0.3) is 0 Å². The SMILES string of the molecule is C=CC1=CC[C@H]2C(=O)C(C)=CC(=O)[C@@]2(Br)[C@H]1c1cc(OC)c(O)c(OC)c1. The number of allylic oxidation sites excluding steroid dienone is 5. The molecule has 1 N–H and O–H groups in total. The van der Waals surface area contributed by atoms with Crippen LogP contribution in [-0.4, -0.2) is 35.2 Å². The summed E-state index contributed by atoms with van der Waals surface area (Å²) in [4.78, 5) is 25.9. The predicted octanol–water partition coefficient (Wildman–Crippen LogP) is 3.86. The third-order valence-electron chi connectivity index (χ3n) is 5.35. The zero-order valence-electron chi connectivity index (χ0n) is 15.4. The predicted molar refractivity (Wildman–Crippen MR) is 106 cm³/mol. The van der Waals surface area contributed by atoms with Gasteiger partial charge in [0.05, 0.1) is 14.2 Å². The molecule has 6 heteroatoms. The minimum atomic E-state index is -1.13. The first-order valence-corrected chi connectivity index (χ1v) is 9.32. The summed E-state index contributed by atoms with van der Waals surface area (Å²) >= 11 is 3.65. The maximum absolute atomic E-state index is 13.1. The fraction of sp³-hybridized carbons (Fsp3) is 0.333. The topological polar surface area (TPSA) is 72.8 Å². The third kappa shape index (κ3) is 2.83. The maximum Gasteiger partial charge on any atom is 0.200 e. The lowest BCUT2D eigenvalue weighted by Crippen LogP contribution is -2.52. The third-order valence-corrected chi connectivity index (χ3v) is 6.75. The summed E-state index contributed by atoms with van der Waals surface area (Å²) in [5.41, 5.74) is 1.98. The molecule has 0 aromatic heterocycles. The molecule has 2 aliphatic carbocycles. The highest BCUT2D eigenvalue weighted by Gasteiger charge is 2.56. The number of hydrogen-bond donors (Lipinski definition) is 1. The van der Waals surface area contributed by atoms with Crippen molar-refractivity contribution in [3.05, 3.63) is 53.6 Å². The number of ketones is 2. The smallest absolute Gasteiger partial charge is 0.200 e. The first-order chi connectivity index (χ1) is 12.8. The van der Waals surface area contributed by atoms with Gasteiger partial charge < -0.3 is 14.6 Å². The molecule has 2 aliphatic rings. The summed E-state index contributed by atoms with van der Waals surface area (Å²) in [5, 5.41) is 10.2. The molecular weight excluding hydrogens is 412 g/mol. The number of halogens is 1. The number of carbonyl (C=O) groups excluding carboxylic acids is 2. The van der Waals surface area contributed by atoms with Crippen LogP contribution in [0.4, 0.5) is 0 Å². The van der Waals surface area contributed by atoms with E-state index in [9.17, 15) is 14.7 Å². The van der Waals surface area contributed by atoms with E-state index in [4.69, 9.17) is 9.47 Å². The molecule has 0 saturated carbocycles. The number of Topliss-reactive ketones (excluding diaryl/α,β-unsaturated/α-hetero) is 1. The average Bonchev–Trinajstić information content (AvgIpc) is 2.66. The number of fused-ring (bicyclic) bond motifs is 1. The largest absolute Gasteiger partial charge is 0.502 e. The number of alkyl halides is 1. The molecule has 0 spiro atoms. The average molecular weight is 433 g/mol. The standard InChI is InChI=1S/C21H21BrO5/c1-5-12-6-7-14-19(24)11(2)8-17(23)21(14,22)18(12)13-9-15(26-3)20(25)16(10-13)27-4/h5-6,8-10,14,18,25H,1,7H2,2-4H3/t14-,18+,21+/m0/s1.